The van der Waals surface area contributed by atoms with Gasteiger partial charge in [0.25, 0.3) is 0 Å². The molecular formula is C14H23N3O2. The molecule has 5 heteroatoms. The SMILES string of the molecule is COc1cccc(C(O)CN=C(N(C)C)N(C)C)c1. The molecule has 19 heavy (non-hydrogen) atoms. The highest BCUT2D eigenvalue weighted by molar-refractivity contribution is 5.79. The van der Waals surface area contributed by atoms with Gasteiger partial charge >= 0.3 is 0 Å². The normalized spacial score (nSPS) is 11.7. The largest absolute Gasteiger partial charge is 0.497 e. The summed E-state index contributed by atoms with van der Waals surface area (Å²) >= 11 is 0. The van der Waals surface area contributed by atoms with Crippen molar-refractivity contribution >= 4 is 5.96 Å². The molecule has 1 atom stereocenters. The number of nitrogens with zero attached hydrogens (tertiary/aromatic N) is 3. The number of guanidine groups is 1. The van der Waals surface area contributed by atoms with Crippen molar-refractivity contribution in [2.45, 2.75) is 6.10 Å². The van der Waals surface area contributed by atoms with Gasteiger partial charge in [0, 0.05) is 28.2 Å². The number of rotatable bonds is 4. The van der Waals surface area contributed by atoms with Crippen molar-refractivity contribution in [3.8, 4) is 5.75 Å². The van der Waals surface area contributed by atoms with E-state index in [1.807, 2.05) is 62.3 Å². The molecule has 0 aliphatic heterocycles. The zero-order chi connectivity index (χ0) is 14.4. The van der Waals surface area contributed by atoms with E-state index in [0.717, 1.165) is 17.3 Å². The van der Waals surface area contributed by atoms with Gasteiger partial charge in [-0.3, -0.25) is 0 Å². The van der Waals surface area contributed by atoms with Gasteiger partial charge in [-0.15, -0.1) is 0 Å². The standard InChI is InChI=1S/C14H23N3O2/c1-16(2)14(17(3)4)15-10-13(18)11-7-6-8-12(9-11)19-5/h6-9,13,18H,10H2,1-5H3. The molecule has 106 valence electrons. The molecule has 0 spiro atoms. The third-order valence-electron chi connectivity index (χ3n) is 2.68. The number of benzene rings is 1. The number of aliphatic imine (C=N–C) groups is 1. The van der Waals surface area contributed by atoms with Crippen LogP contribution in [0.25, 0.3) is 0 Å². The summed E-state index contributed by atoms with van der Waals surface area (Å²) in [6.07, 6.45) is -0.634. The zero-order valence-corrected chi connectivity index (χ0v) is 12.3. The molecule has 0 radical (unpaired) electrons. The van der Waals surface area contributed by atoms with E-state index in [-0.39, 0.29) is 0 Å². The Bertz CT molecular complexity index is 420. The molecule has 0 aromatic heterocycles. The lowest BCUT2D eigenvalue weighted by Gasteiger charge is -2.23. The van der Waals surface area contributed by atoms with Gasteiger partial charge in [0.2, 0.25) is 0 Å². The Kier molecular flexibility index (Phi) is 5.63. The molecule has 0 saturated carbocycles. The van der Waals surface area contributed by atoms with E-state index >= 15 is 0 Å². The first kappa shape index (κ1) is 15.3. The lowest BCUT2D eigenvalue weighted by Crippen LogP contribution is -2.35. The van der Waals surface area contributed by atoms with E-state index in [2.05, 4.69) is 4.99 Å². The van der Waals surface area contributed by atoms with E-state index in [4.69, 9.17) is 4.74 Å². The topological polar surface area (TPSA) is 48.3 Å². The van der Waals surface area contributed by atoms with Gasteiger partial charge in [0.05, 0.1) is 19.8 Å². The average Bonchev–Trinajstić information content (AvgIpc) is 2.38. The van der Waals surface area contributed by atoms with E-state index < -0.39 is 6.10 Å². The lowest BCUT2D eigenvalue weighted by atomic mass is 10.1. The highest BCUT2D eigenvalue weighted by atomic mass is 16.5. The third kappa shape index (κ3) is 4.44. The molecule has 0 saturated heterocycles. The highest BCUT2D eigenvalue weighted by Crippen LogP contribution is 2.19. The first-order valence-electron chi connectivity index (χ1n) is 6.16. The summed E-state index contributed by atoms with van der Waals surface area (Å²) in [6.45, 7) is 0.318. The Hall–Kier alpha value is -1.75. The minimum atomic E-state index is -0.634. The molecule has 1 unspecified atom stereocenters. The first-order chi connectivity index (χ1) is 8.95. The summed E-state index contributed by atoms with van der Waals surface area (Å²) in [5.74, 6) is 1.56. The van der Waals surface area contributed by atoms with Crippen LogP contribution in [0.5, 0.6) is 5.75 Å². The second-order valence-corrected chi connectivity index (χ2v) is 4.72. The second kappa shape index (κ2) is 6.99. The summed E-state index contributed by atoms with van der Waals surface area (Å²) in [7, 11) is 9.32. The molecule has 0 amide bonds. The molecule has 0 heterocycles. The van der Waals surface area contributed by atoms with E-state index in [0.29, 0.717) is 6.54 Å². The molecule has 1 rings (SSSR count). The maximum Gasteiger partial charge on any atom is 0.195 e. The van der Waals surface area contributed by atoms with Crippen LogP contribution in [0.15, 0.2) is 29.3 Å². The number of hydrogen-bond donors (Lipinski definition) is 1. The van der Waals surface area contributed by atoms with Gasteiger partial charge < -0.3 is 19.6 Å². The smallest absolute Gasteiger partial charge is 0.195 e. The van der Waals surface area contributed by atoms with E-state index in [1.54, 1.807) is 7.11 Å². The van der Waals surface area contributed by atoms with Gasteiger partial charge in [0.1, 0.15) is 5.75 Å². The fourth-order valence-corrected chi connectivity index (χ4v) is 1.81. The molecule has 5 nitrogen and oxygen atoms in total. The first-order valence-corrected chi connectivity index (χ1v) is 6.16. The number of methoxy groups -OCH3 is 1. The van der Waals surface area contributed by atoms with Crippen molar-refractivity contribution in [3.63, 3.8) is 0 Å². The molecule has 0 bridgehead atoms. The van der Waals surface area contributed by atoms with Crippen LogP contribution in [0.3, 0.4) is 0 Å². The fourth-order valence-electron chi connectivity index (χ4n) is 1.81. The van der Waals surface area contributed by atoms with Crippen molar-refractivity contribution in [2.75, 3.05) is 41.8 Å². The Morgan fingerprint density at radius 2 is 1.89 bits per heavy atom. The fraction of sp³-hybridized carbons (Fsp3) is 0.500. The molecular weight excluding hydrogens is 242 g/mol. The molecule has 0 aliphatic rings. The van der Waals surface area contributed by atoms with Gasteiger partial charge in [-0.25, -0.2) is 4.99 Å². The predicted octanol–water partition coefficient (Wildman–Crippen LogP) is 1.21. The van der Waals surface area contributed by atoms with Crippen LogP contribution in [0.2, 0.25) is 0 Å². The van der Waals surface area contributed by atoms with Crippen LogP contribution >= 0.6 is 0 Å². The zero-order valence-electron chi connectivity index (χ0n) is 12.3. The minimum Gasteiger partial charge on any atom is -0.497 e. The summed E-state index contributed by atoms with van der Waals surface area (Å²) in [4.78, 5) is 8.26. The quantitative estimate of drug-likeness (QED) is 0.656. The van der Waals surface area contributed by atoms with Crippen molar-refractivity contribution in [1.82, 2.24) is 9.80 Å². The Balaban J connectivity index is 2.78. The van der Waals surface area contributed by atoms with Crippen molar-refractivity contribution in [3.05, 3.63) is 29.8 Å². The number of hydrogen-bond acceptors (Lipinski definition) is 3. The molecule has 0 fully saturated rings. The van der Waals surface area contributed by atoms with Crippen molar-refractivity contribution in [1.29, 1.82) is 0 Å². The van der Waals surface area contributed by atoms with Crippen molar-refractivity contribution in [2.24, 2.45) is 4.99 Å². The Morgan fingerprint density at radius 1 is 1.26 bits per heavy atom. The maximum atomic E-state index is 10.2. The molecule has 1 aromatic rings. The molecule has 1 aromatic carbocycles. The predicted molar refractivity (Wildman–Crippen MR) is 77.6 cm³/mol. The summed E-state index contributed by atoms with van der Waals surface area (Å²) in [6, 6.07) is 7.41. The summed E-state index contributed by atoms with van der Waals surface area (Å²) < 4.78 is 5.14. The van der Waals surface area contributed by atoms with E-state index in [1.165, 1.54) is 0 Å². The Labute approximate surface area is 115 Å². The lowest BCUT2D eigenvalue weighted by molar-refractivity contribution is 0.186. The van der Waals surface area contributed by atoms with Crippen LogP contribution in [0, 0.1) is 0 Å². The molecule has 1 N–H and O–H groups in total. The average molecular weight is 265 g/mol. The van der Waals surface area contributed by atoms with Crippen LogP contribution in [-0.4, -0.2) is 62.7 Å². The summed E-state index contributed by atoms with van der Waals surface area (Å²) in [5.41, 5.74) is 0.806. The van der Waals surface area contributed by atoms with Crippen LogP contribution in [-0.2, 0) is 0 Å². The molecule has 0 aliphatic carbocycles. The third-order valence-corrected chi connectivity index (χ3v) is 2.68. The number of aliphatic hydroxyl groups is 1. The minimum absolute atomic E-state index is 0.318. The highest BCUT2D eigenvalue weighted by Gasteiger charge is 2.10. The number of aliphatic hydroxyl groups excluding tert-OH is 1. The van der Waals surface area contributed by atoms with Gasteiger partial charge in [0.15, 0.2) is 5.96 Å². The van der Waals surface area contributed by atoms with Gasteiger partial charge in [-0.2, -0.15) is 0 Å². The monoisotopic (exact) mass is 265 g/mol. The number of ether oxygens (including phenoxy) is 1. The second-order valence-electron chi connectivity index (χ2n) is 4.72. The van der Waals surface area contributed by atoms with Gasteiger partial charge in [-0.1, -0.05) is 12.1 Å². The van der Waals surface area contributed by atoms with Crippen LogP contribution < -0.4 is 4.74 Å². The Morgan fingerprint density at radius 3 is 2.42 bits per heavy atom. The van der Waals surface area contributed by atoms with Crippen LogP contribution in [0.1, 0.15) is 11.7 Å². The van der Waals surface area contributed by atoms with Gasteiger partial charge in [-0.05, 0) is 17.7 Å². The van der Waals surface area contributed by atoms with Crippen LogP contribution in [0.4, 0.5) is 0 Å². The van der Waals surface area contributed by atoms with E-state index in [9.17, 15) is 5.11 Å². The maximum absolute atomic E-state index is 10.2. The summed E-state index contributed by atoms with van der Waals surface area (Å²) in [5, 5.41) is 10.2. The van der Waals surface area contributed by atoms with Crippen molar-refractivity contribution < 1.29 is 9.84 Å².